The Morgan fingerprint density at radius 1 is 1.28 bits per heavy atom. The van der Waals surface area contributed by atoms with Crippen LogP contribution in [0.3, 0.4) is 0 Å². The van der Waals surface area contributed by atoms with E-state index in [4.69, 9.17) is 20.5 Å². The molecule has 25 heavy (non-hydrogen) atoms. The molecule has 1 atom stereocenters. The Bertz CT molecular complexity index is 859. The third-order valence-electron chi connectivity index (χ3n) is 3.72. The number of ether oxygens (including phenoxy) is 2. The molecular formula is C18H15N3O4. The van der Waals surface area contributed by atoms with Crippen molar-refractivity contribution in [3.63, 3.8) is 0 Å². The van der Waals surface area contributed by atoms with E-state index >= 15 is 0 Å². The van der Waals surface area contributed by atoms with E-state index in [0.29, 0.717) is 22.7 Å². The number of hydrogen-bond acceptors (Lipinski definition) is 5. The van der Waals surface area contributed by atoms with Gasteiger partial charge in [-0.1, -0.05) is 18.2 Å². The number of fused-ring (bicyclic) bond motifs is 1. The summed E-state index contributed by atoms with van der Waals surface area (Å²) in [5.41, 5.74) is 6.32. The normalized spacial score (nSPS) is 15.5. The van der Waals surface area contributed by atoms with Crippen molar-refractivity contribution in [2.45, 2.75) is 6.10 Å². The number of para-hydroxylation sites is 2. The molecule has 1 aliphatic rings. The topological polar surface area (TPSA) is 106 Å². The summed E-state index contributed by atoms with van der Waals surface area (Å²) in [5, 5.41) is 8.90. The maximum absolute atomic E-state index is 12.6. The molecule has 2 aromatic rings. The predicted molar refractivity (Wildman–Crippen MR) is 89.1 cm³/mol. The zero-order valence-corrected chi connectivity index (χ0v) is 13.2. The van der Waals surface area contributed by atoms with Gasteiger partial charge in [0.2, 0.25) is 0 Å². The minimum atomic E-state index is -0.916. The van der Waals surface area contributed by atoms with Crippen LogP contribution in [0.2, 0.25) is 0 Å². The molecule has 2 aromatic carbocycles. The van der Waals surface area contributed by atoms with Gasteiger partial charge in [0, 0.05) is 0 Å². The molecule has 0 saturated heterocycles. The number of hydrogen-bond donors (Lipinski definition) is 1. The smallest absolute Gasteiger partial charge is 0.265 e. The number of amides is 2. The van der Waals surface area contributed by atoms with Gasteiger partial charge in [-0.15, -0.1) is 0 Å². The summed E-state index contributed by atoms with van der Waals surface area (Å²) in [5.74, 6) is -0.155. The van der Waals surface area contributed by atoms with Crippen LogP contribution in [-0.4, -0.2) is 31.1 Å². The SMILES string of the molecule is N#Cc1cccc(OCC(=O)N2C[C@@H](C(N)=O)Oc3ccccc32)c1. The standard InChI is InChI=1S/C18H15N3O4/c19-9-12-4-3-5-13(8-12)24-11-17(22)21-10-16(18(20)23)25-15-7-2-1-6-14(15)21/h1-8,16H,10-11H2,(H2,20,23)/t16-/m0/s1. The van der Waals surface area contributed by atoms with E-state index in [2.05, 4.69) is 0 Å². The van der Waals surface area contributed by atoms with Crippen LogP contribution in [0.25, 0.3) is 0 Å². The number of nitriles is 1. The van der Waals surface area contributed by atoms with Gasteiger partial charge in [-0.25, -0.2) is 0 Å². The average molecular weight is 337 g/mol. The summed E-state index contributed by atoms with van der Waals surface area (Å²) < 4.78 is 11.0. The lowest BCUT2D eigenvalue weighted by atomic mass is 10.2. The molecule has 0 bridgehead atoms. The molecule has 0 spiro atoms. The number of rotatable bonds is 4. The number of anilines is 1. The molecule has 0 radical (unpaired) electrons. The molecule has 0 fully saturated rings. The lowest BCUT2D eigenvalue weighted by Gasteiger charge is -2.33. The number of primary amides is 1. The van der Waals surface area contributed by atoms with E-state index in [1.807, 2.05) is 6.07 Å². The Labute approximate surface area is 144 Å². The van der Waals surface area contributed by atoms with Crippen LogP contribution in [-0.2, 0) is 9.59 Å². The molecule has 0 aliphatic carbocycles. The second-order valence-corrected chi connectivity index (χ2v) is 5.41. The highest BCUT2D eigenvalue weighted by Gasteiger charge is 2.32. The Kier molecular flexibility index (Phi) is 4.53. The molecule has 2 amide bonds. The predicted octanol–water partition coefficient (Wildman–Crippen LogP) is 1.22. The second kappa shape index (κ2) is 6.93. The molecule has 7 heteroatoms. The minimum absolute atomic E-state index is 0.0206. The van der Waals surface area contributed by atoms with Gasteiger partial charge >= 0.3 is 0 Å². The maximum Gasteiger partial charge on any atom is 0.265 e. The summed E-state index contributed by atoms with van der Waals surface area (Å²) in [7, 11) is 0. The van der Waals surface area contributed by atoms with Crippen LogP contribution in [0.5, 0.6) is 11.5 Å². The average Bonchev–Trinajstić information content (AvgIpc) is 2.65. The van der Waals surface area contributed by atoms with Gasteiger partial charge in [-0.2, -0.15) is 5.26 Å². The van der Waals surface area contributed by atoms with Crippen molar-refractivity contribution >= 4 is 17.5 Å². The van der Waals surface area contributed by atoms with Crippen LogP contribution in [0.1, 0.15) is 5.56 Å². The highest BCUT2D eigenvalue weighted by atomic mass is 16.5. The zero-order chi connectivity index (χ0) is 17.8. The van der Waals surface area contributed by atoms with Crippen molar-refractivity contribution in [3.05, 3.63) is 54.1 Å². The first-order valence-corrected chi connectivity index (χ1v) is 7.57. The van der Waals surface area contributed by atoms with Gasteiger partial charge < -0.3 is 20.1 Å². The molecule has 7 nitrogen and oxygen atoms in total. The van der Waals surface area contributed by atoms with Gasteiger partial charge in [0.15, 0.2) is 12.7 Å². The van der Waals surface area contributed by atoms with Crippen molar-refractivity contribution in [2.24, 2.45) is 5.73 Å². The Hall–Kier alpha value is -3.53. The number of benzene rings is 2. The van der Waals surface area contributed by atoms with E-state index in [9.17, 15) is 9.59 Å². The molecule has 0 unspecified atom stereocenters. The molecule has 1 heterocycles. The lowest BCUT2D eigenvalue weighted by Crippen LogP contribution is -2.50. The number of nitrogens with zero attached hydrogens (tertiary/aromatic N) is 2. The maximum atomic E-state index is 12.6. The van der Waals surface area contributed by atoms with E-state index in [-0.39, 0.29) is 19.1 Å². The number of carbonyl (C=O) groups excluding carboxylic acids is 2. The fourth-order valence-corrected chi connectivity index (χ4v) is 2.50. The van der Waals surface area contributed by atoms with Crippen LogP contribution in [0.15, 0.2) is 48.5 Å². The minimum Gasteiger partial charge on any atom is -0.484 e. The van der Waals surface area contributed by atoms with Crippen molar-refractivity contribution in [1.29, 1.82) is 5.26 Å². The van der Waals surface area contributed by atoms with Crippen molar-refractivity contribution in [1.82, 2.24) is 0 Å². The largest absolute Gasteiger partial charge is 0.484 e. The second-order valence-electron chi connectivity index (χ2n) is 5.41. The van der Waals surface area contributed by atoms with Crippen LogP contribution in [0, 0.1) is 11.3 Å². The number of nitrogens with two attached hydrogens (primary N) is 1. The zero-order valence-electron chi connectivity index (χ0n) is 13.2. The number of carbonyl (C=O) groups is 2. The fourth-order valence-electron chi connectivity index (χ4n) is 2.50. The Balaban J connectivity index is 1.76. The molecule has 3 rings (SSSR count). The van der Waals surface area contributed by atoms with E-state index in [1.165, 1.54) is 4.90 Å². The van der Waals surface area contributed by atoms with Crippen molar-refractivity contribution in [2.75, 3.05) is 18.1 Å². The third kappa shape index (κ3) is 3.53. The summed E-state index contributed by atoms with van der Waals surface area (Å²) in [6.45, 7) is -0.221. The lowest BCUT2D eigenvalue weighted by molar-refractivity contribution is -0.125. The van der Waals surface area contributed by atoms with Gasteiger partial charge in [0.05, 0.1) is 23.9 Å². The summed E-state index contributed by atoms with van der Waals surface area (Å²) in [6.07, 6.45) is -0.916. The molecule has 126 valence electrons. The Morgan fingerprint density at radius 3 is 2.84 bits per heavy atom. The molecule has 0 saturated carbocycles. The Morgan fingerprint density at radius 2 is 2.08 bits per heavy atom. The first-order chi connectivity index (χ1) is 12.1. The summed E-state index contributed by atoms with van der Waals surface area (Å²) in [4.78, 5) is 25.5. The summed E-state index contributed by atoms with van der Waals surface area (Å²) >= 11 is 0. The van der Waals surface area contributed by atoms with E-state index in [1.54, 1.807) is 48.5 Å². The van der Waals surface area contributed by atoms with Crippen LogP contribution >= 0.6 is 0 Å². The fraction of sp³-hybridized carbons (Fsp3) is 0.167. The van der Waals surface area contributed by atoms with Crippen molar-refractivity contribution in [3.8, 4) is 17.6 Å². The molecular weight excluding hydrogens is 322 g/mol. The molecule has 2 N–H and O–H groups in total. The van der Waals surface area contributed by atoms with Gasteiger partial charge in [0.25, 0.3) is 11.8 Å². The third-order valence-corrected chi connectivity index (χ3v) is 3.72. The highest BCUT2D eigenvalue weighted by Crippen LogP contribution is 2.33. The summed E-state index contributed by atoms with van der Waals surface area (Å²) in [6, 6.07) is 15.4. The van der Waals surface area contributed by atoms with Gasteiger partial charge in [-0.3, -0.25) is 9.59 Å². The monoisotopic (exact) mass is 337 g/mol. The first kappa shape index (κ1) is 16.3. The van der Waals surface area contributed by atoms with Gasteiger partial charge in [-0.05, 0) is 30.3 Å². The van der Waals surface area contributed by atoms with E-state index < -0.39 is 12.0 Å². The first-order valence-electron chi connectivity index (χ1n) is 7.57. The highest BCUT2D eigenvalue weighted by molar-refractivity contribution is 5.98. The quantitative estimate of drug-likeness (QED) is 0.903. The molecule has 1 aliphatic heterocycles. The van der Waals surface area contributed by atoms with Crippen molar-refractivity contribution < 1.29 is 19.1 Å². The van der Waals surface area contributed by atoms with E-state index in [0.717, 1.165) is 0 Å². The van der Waals surface area contributed by atoms with Gasteiger partial charge in [0.1, 0.15) is 11.5 Å². The molecule has 0 aromatic heterocycles. The van der Waals surface area contributed by atoms with Crippen LogP contribution in [0.4, 0.5) is 5.69 Å². The van der Waals surface area contributed by atoms with Crippen LogP contribution < -0.4 is 20.1 Å².